The summed E-state index contributed by atoms with van der Waals surface area (Å²) < 4.78 is 0. The van der Waals surface area contributed by atoms with Crippen LogP contribution in [0.15, 0.2) is 107 Å². The van der Waals surface area contributed by atoms with Crippen LogP contribution in [0.5, 0.6) is 0 Å². The van der Waals surface area contributed by atoms with Gasteiger partial charge in [0.15, 0.2) is 0 Å². The Morgan fingerprint density at radius 1 is 0.538 bits per heavy atom. The van der Waals surface area contributed by atoms with Crippen molar-refractivity contribution in [2.45, 2.75) is 9.79 Å². The molecule has 1 heterocycles. The van der Waals surface area contributed by atoms with Crippen molar-refractivity contribution >= 4 is 23.1 Å². The number of benzene rings is 4. The zero-order valence-electron chi connectivity index (χ0n) is 14.1. The molecule has 1 aliphatic heterocycles. The number of nitrogens with zero attached hydrogens (tertiary/aromatic N) is 1. The lowest BCUT2D eigenvalue weighted by Crippen LogP contribution is -2.02. The Morgan fingerprint density at radius 3 is 1.96 bits per heavy atom. The van der Waals surface area contributed by atoms with E-state index in [0.717, 1.165) is 11.4 Å². The third-order valence-electron chi connectivity index (χ3n) is 4.61. The molecule has 123 valence electrons. The van der Waals surface area contributed by atoms with Crippen LogP contribution in [0.3, 0.4) is 0 Å². The molecule has 0 fully saturated rings. The third-order valence-corrected chi connectivity index (χ3v) is 5.72. The van der Waals surface area contributed by atoms with Crippen molar-refractivity contribution in [2.24, 2.45) is 0 Å². The maximum Gasteiger partial charge on any atom is 0.0861 e. The van der Waals surface area contributed by atoms with Gasteiger partial charge in [0.1, 0.15) is 0 Å². The van der Waals surface area contributed by atoms with Crippen LogP contribution in [0.1, 0.15) is 0 Å². The van der Waals surface area contributed by atoms with Crippen LogP contribution in [-0.2, 0) is 0 Å². The second-order valence-corrected chi connectivity index (χ2v) is 7.33. The van der Waals surface area contributed by atoms with Crippen LogP contribution >= 0.6 is 11.8 Å². The van der Waals surface area contributed by atoms with E-state index in [9.17, 15) is 0 Å². The summed E-state index contributed by atoms with van der Waals surface area (Å²) >= 11 is 1.80. The minimum absolute atomic E-state index is 1.05. The van der Waals surface area contributed by atoms with Gasteiger partial charge in [0.2, 0.25) is 0 Å². The zero-order valence-corrected chi connectivity index (χ0v) is 14.9. The van der Waals surface area contributed by atoms with Gasteiger partial charge in [0, 0.05) is 15.4 Å². The molecule has 4 aromatic rings. The van der Waals surface area contributed by atoms with Gasteiger partial charge in [-0.2, -0.15) is 0 Å². The molecule has 26 heavy (non-hydrogen) atoms. The SMILES string of the molecule is c1ccc(-c2ccc3c(c2-c2ccccc2)[N]c2ccccc2S3)cc1. The first kappa shape index (κ1) is 15.3. The molecule has 0 spiro atoms. The van der Waals surface area contributed by atoms with Crippen LogP contribution in [0, 0.1) is 0 Å². The quantitative estimate of drug-likeness (QED) is 0.332. The number of para-hydroxylation sites is 1. The summed E-state index contributed by atoms with van der Waals surface area (Å²) in [5.41, 5.74) is 6.96. The predicted molar refractivity (Wildman–Crippen MR) is 109 cm³/mol. The molecule has 0 N–H and O–H groups in total. The highest BCUT2D eigenvalue weighted by atomic mass is 32.2. The minimum Gasteiger partial charge on any atom is -0.246 e. The summed E-state index contributed by atoms with van der Waals surface area (Å²) in [4.78, 5) is 2.42. The molecule has 0 saturated heterocycles. The summed E-state index contributed by atoms with van der Waals surface area (Å²) in [5, 5.41) is 5.05. The smallest absolute Gasteiger partial charge is 0.0861 e. The Balaban J connectivity index is 1.77. The lowest BCUT2D eigenvalue weighted by molar-refractivity contribution is 1.08. The first-order valence-corrected chi connectivity index (χ1v) is 9.48. The average molecular weight is 350 g/mol. The Labute approximate surface area is 157 Å². The summed E-state index contributed by atoms with van der Waals surface area (Å²) in [7, 11) is 0. The van der Waals surface area contributed by atoms with Gasteiger partial charge in [-0.25, -0.2) is 5.32 Å². The molecule has 0 unspecified atom stereocenters. The van der Waals surface area contributed by atoms with Crippen molar-refractivity contribution in [3.63, 3.8) is 0 Å². The van der Waals surface area contributed by atoms with Crippen molar-refractivity contribution < 1.29 is 0 Å². The Morgan fingerprint density at radius 2 is 1.19 bits per heavy atom. The summed E-state index contributed by atoms with van der Waals surface area (Å²) in [6, 6.07) is 33.9. The second-order valence-electron chi connectivity index (χ2n) is 6.25. The highest BCUT2D eigenvalue weighted by molar-refractivity contribution is 7.99. The Hall–Kier alpha value is -2.97. The maximum atomic E-state index is 5.05. The predicted octanol–water partition coefficient (Wildman–Crippen LogP) is 7.05. The molecule has 1 aliphatic rings. The van der Waals surface area contributed by atoms with Crippen LogP contribution in [0.25, 0.3) is 22.3 Å². The third kappa shape index (κ3) is 2.59. The van der Waals surface area contributed by atoms with E-state index >= 15 is 0 Å². The molecule has 2 heteroatoms. The zero-order chi connectivity index (χ0) is 17.3. The van der Waals surface area contributed by atoms with Crippen molar-refractivity contribution in [2.75, 3.05) is 0 Å². The highest BCUT2D eigenvalue weighted by Gasteiger charge is 2.23. The molecule has 5 rings (SSSR count). The van der Waals surface area contributed by atoms with Gasteiger partial charge in [-0.15, -0.1) is 0 Å². The Kier molecular flexibility index (Phi) is 3.76. The molecule has 0 aromatic heterocycles. The molecular formula is C24H16NS. The minimum atomic E-state index is 1.05. The fraction of sp³-hybridized carbons (Fsp3) is 0. The van der Waals surface area contributed by atoms with E-state index in [1.807, 2.05) is 0 Å². The van der Waals surface area contributed by atoms with E-state index in [2.05, 4.69) is 97.1 Å². The molecule has 0 amide bonds. The molecule has 0 bridgehead atoms. The largest absolute Gasteiger partial charge is 0.246 e. The van der Waals surface area contributed by atoms with E-state index < -0.39 is 0 Å². The maximum absolute atomic E-state index is 5.05. The highest BCUT2D eigenvalue weighted by Crippen LogP contribution is 2.50. The number of hydrogen-bond acceptors (Lipinski definition) is 1. The molecular weight excluding hydrogens is 334 g/mol. The van der Waals surface area contributed by atoms with Crippen LogP contribution in [0.2, 0.25) is 0 Å². The fourth-order valence-electron chi connectivity index (χ4n) is 3.40. The lowest BCUT2D eigenvalue weighted by Gasteiger charge is -2.23. The number of fused-ring (bicyclic) bond motifs is 2. The van der Waals surface area contributed by atoms with Gasteiger partial charge in [0.05, 0.1) is 11.4 Å². The topological polar surface area (TPSA) is 14.1 Å². The van der Waals surface area contributed by atoms with Crippen LogP contribution in [-0.4, -0.2) is 0 Å². The number of hydrogen-bond donors (Lipinski definition) is 0. The summed E-state index contributed by atoms with van der Waals surface area (Å²) in [6.07, 6.45) is 0. The molecule has 0 atom stereocenters. The van der Waals surface area contributed by atoms with Gasteiger partial charge in [0.25, 0.3) is 0 Å². The molecule has 1 nitrogen and oxygen atoms in total. The second kappa shape index (κ2) is 6.40. The summed E-state index contributed by atoms with van der Waals surface area (Å²) in [6.45, 7) is 0. The van der Waals surface area contributed by atoms with Crippen molar-refractivity contribution in [1.29, 1.82) is 0 Å². The summed E-state index contributed by atoms with van der Waals surface area (Å²) in [5.74, 6) is 0. The molecule has 0 saturated carbocycles. The van der Waals surface area contributed by atoms with E-state index in [1.165, 1.54) is 32.0 Å². The first-order chi connectivity index (χ1) is 12.9. The fourth-order valence-corrected chi connectivity index (χ4v) is 4.38. The van der Waals surface area contributed by atoms with E-state index in [1.54, 1.807) is 11.8 Å². The van der Waals surface area contributed by atoms with Crippen molar-refractivity contribution in [3.8, 4) is 22.3 Å². The standard InChI is InChI=1S/C24H16NS/c1-3-9-17(10-4-1)19-15-16-22-24(23(19)18-11-5-2-6-12-18)25-20-13-7-8-14-21(20)26-22/h1-16H. The van der Waals surface area contributed by atoms with Crippen molar-refractivity contribution in [3.05, 3.63) is 97.1 Å². The van der Waals surface area contributed by atoms with E-state index in [0.29, 0.717) is 0 Å². The number of rotatable bonds is 2. The normalized spacial score (nSPS) is 12.0. The van der Waals surface area contributed by atoms with Gasteiger partial charge < -0.3 is 0 Å². The van der Waals surface area contributed by atoms with Crippen LogP contribution < -0.4 is 5.32 Å². The first-order valence-electron chi connectivity index (χ1n) is 8.66. The average Bonchev–Trinajstić information content (AvgIpc) is 2.72. The monoisotopic (exact) mass is 350 g/mol. The lowest BCUT2D eigenvalue weighted by atomic mass is 9.92. The van der Waals surface area contributed by atoms with E-state index in [-0.39, 0.29) is 0 Å². The van der Waals surface area contributed by atoms with Crippen LogP contribution in [0.4, 0.5) is 11.4 Å². The Bertz CT molecular complexity index is 1070. The molecule has 4 aromatic carbocycles. The van der Waals surface area contributed by atoms with E-state index in [4.69, 9.17) is 5.32 Å². The van der Waals surface area contributed by atoms with Gasteiger partial charge in [-0.05, 0) is 34.9 Å². The van der Waals surface area contributed by atoms with Gasteiger partial charge >= 0.3 is 0 Å². The molecule has 0 aliphatic carbocycles. The molecule has 1 radical (unpaired) electrons. The van der Waals surface area contributed by atoms with Gasteiger partial charge in [-0.1, -0.05) is 90.6 Å². The van der Waals surface area contributed by atoms with Crippen molar-refractivity contribution in [1.82, 2.24) is 5.32 Å². The van der Waals surface area contributed by atoms with Gasteiger partial charge in [-0.3, -0.25) is 0 Å².